The predicted molar refractivity (Wildman–Crippen MR) is 80.5 cm³/mol. The summed E-state index contributed by atoms with van der Waals surface area (Å²) in [5.74, 6) is 1.86. The summed E-state index contributed by atoms with van der Waals surface area (Å²) in [5.41, 5.74) is 0. The lowest BCUT2D eigenvalue weighted by Gasteiger charge is -2.38. The first-order valence-corrected chi connectivity index (χ1v) is 8.49. The lowest BCUT2D eigenvalue weighted by molar-refractivity contribution is -0.127. The Bertz CT molecular complexity index is 341. The zero-order valence-electron chi connectivity index (χ0n) is 12.7. The first kappa shape index (κ1) is 14.3. The van der Waals surface area contributed by atoms with Crippen LogP contribution < -0.4 is 10.6 Å². The molecule has 3 aliphatic rings. The van der Waals surface area contributed by atoms with Crippen molar-refractivity contribution in [2.75, 3.05) is 26.2 Å². The second-order valence-corrected chi connectivity index (χ2v) is 6.98. The molecule has 3 atom stereocenters. The van der Waals surface area contributed by atoms with Gasteiger partial charge < -0.3 is 10.6 Å². The van der Waals surface area contributed by atoms with Crippen molar-refractivity contribution in [1.82, 2.24) is 15.5 Å². The highest BCUT2D eigenvalue weighted by Gasteiger charge is 2.36. The molecule has 20 heavy (non-hydrogen) atoms. The summed E-state index contributed by atoms with van der Waals surface area (Å²) in [6, 6.07) is 0.475. The number of rotatable bonds is 3. The molecule has 0 spiro atoms. The van der Waals surface area contributed by atoms with Crippen LogP contribution in [0.3, 0.4) is 0 Å². The van der Waals surface area contributed by atoms with Crippen molar-refractivity contribution in [2.45, 2.75) is 57.5 Å². The predicted octanol–water partition coefficient (Wildman–Crippen LogP) is 1.37. The van der Waals surface area contributed by atoms with Gasteiger partial charge in [-0.1, -0.05) is 19.3 Å². The normalized spacial score (nSPS) is 33.6. The smallest absolute Gasteiger partial charge is 0.237 e. The van der Waals surface area contributed by atoms with E-state index in [-0.39, 0.29) is 11.9 Å². The van der Waals surface area contributed by atoms with Gasteiger partial charge in [0, 0.05) is 12.6 Å². The van der Waals surface area contributed by atoms with Gasteiger partial charge >= 0.3 is 0 Å². The molecule has 3 unspecified atom stereocenters. The van der Waals surface area contributed by atoms with Crippen LogP contribution in [0.4, 0.5) is 0 Å². The van der Waals surface area contributed by atoms with Crippen LogP contribution in [0, 0.1) is 11.8 Å². The van der Waals surface area contributed by atoms with Crippen molar-refractivity contribution in [3.63, 3.8) is 0 Å². The Labute approximate surface area is 122 Å². The quantitative estimate of drug-likeness (QED) is 0.820. The van der Waals surface area contributed by atoms with Crippen molar-refractivity contribution in [3.8, 4) is 0 Å². The number of carbonyl (C=O) groups is 1. The minimum Gasteiger partial charge on any atom is -0.352 e. The van der Waals surface area contributed by atoms with Gasteiger partial charge in [-0.3, -0.25) is 9.69 Å². The van der Waals surface area contributed by atoms with E-state index >= 15 is 0 Å². The van der Waals surface area contributed by atoms with E-state index in [0.717, 1.165) is 31.5 Å². The lowest BCUT2D eigenvalue weighted by atomic mass is 9.88. The van der Waals surface area contributed by atoms with Crippen LogP contribution in [-0.4, -0.2) is 49.1 Å². The van der Waals surface area contributed by atoms with Gasteiger partial charge in [0.05, 0.1) is 6.04 Å². The Hall–Kier alpha value is -0.610. The fourth-order valence-corrected chi connectivity index (χ4v) is 4.15. The van der Waals surface area contributed by atoms with Gasteiger partial charge in [0.2, 0.25) is 5.91 Å². The summed E-state index contributed by atoms with van der Waals surface area (Å²) < 4.78 is 0. The Morgan fingerprint density at radius 2 is 1.90 bits per heavy atom. The third-order valence-electron chi connectivity index (χ3n) is 5.61. The molecule has 2 heterocycles. The highest BCUT2D eigenvalue weighted by molar-refractivity contribution is 5.81. The molecular formula is C16H29N3O. The molecule has 0 bridgehead atoms. The standard InChI is InChI=1S/C16H29N3O/c1-12(16(20)18-15-5-3-2-4-6-15)19-8-7-13-9-17-10-14(13)11-19/h12-15,17H,2-11H2,1H3,(H,18,20). The first-order chi connectivity index (χ1) is 9.74. The van der Waals surface area contributed by atoms with Crippen molar-refractivity contribution >= 4 is 5.91 Å². The second-order valence-electron chi connectivity index (χ2n) is 6.98. The van der Waals surface area contributed by atoms with Gasteiger partial charge in [-0.15, -0.1) is 0 Å². The number of likely N-dealkylation sites (tertiary alicyclic amines) is 1. The van der Waals surface area contributed by atoms with E-state index in [2.05, 4.69) is 22.5 Å². The number of fused-ring (bicyclic) bond motifs is 1. The summed E-state index contributed by atoms with van der Waals surface area (Å²) in [7, 11) is 0. The van der Waals surface area contributed by atoms with Gasteiger partial charge in [-0.2, -0.15) is 0 Å². The Morgan fingerprint density at radius 3 is 2.70 bits per heavy atom. The number of amides is 1. The SMILES string of the molecule is CC(C(=O)NC1CCCCC1)N1CCC2CNCC2C1. The first-order valence-electron chi connectivity index (χ1n) is 8.49. The molecule has 0 aromatic rings. The number of carbonyl (C=O) groups excluding carboxylic acids is 1. The summed E-state index contributed by atoms with van der Waals surface area (Å²) in [4.78, 5) is 14.8. The van der Waals surface area contributed by atoms with Gasteiger partial charge in [0.25, 0.3) is 0 Å². The van der Waals surface area contributed by atoms with Gasteiger partial charge in [0.1, 0.15) is 0 Å². The topological polar surface area (TPSA) is 44.4 Å². The fourth-order valence-electron chi connectivity index (χ4n) is 4.15. The molecule has 0 aromatic heterocycles. The van der Waals surface area contributed by atoms with Gasteiger partial charge in [0.15, 0.2) is 0 Å². The Balaban J connectivity index is 1.49. The van der Waals surface area contributed by atoms with E-state index in [1.165, 1.54) is 45.1 Å². The molecule has 2 aliphatic heterocycles. The van der Waals surface area contributed by atoms with Crippen molar-refractivity contribution in [2.24, 2.45) is 11.8 Å². The van der Waals surface area contributed by atoms with E-state index in [1.54, 1.807) is 0 Å². The minimum absolute atomic E-state index is 0.0403. The molecule has 1 amide bonds. The fraction of sp³-hybridized carbons (Fsp3) is 0.938. The number of nitrogens with one attached hydrogen (secondary N) is 2. The number of hydrogen-bond acceptors (Lipinski definition) is 3. The summed E-state index contributed by atoms with van der Waals surface area (Å²) in [6.07, 6.45) is 7.49. The summed E-state index contributed by atoms with van der Waals surface area (Å²) in [5, 5.41) is 6.77. The molecule has 4 nitrogen and oxygen atoms in total. The van der Waals surface area contributed by atoms with E-state index in [1.807, 2.05) is 0 Å². The Kier molecular flexibility index (Phi) is 4.61. The maximum atomic E-state index is 12.4. The summed E-state index contributed by atoms with van der Waals surface area (Å²) in [6.45, 7) is 6.58. The van der Waals surface area contributed by atoms with Crippen LogP contribution in [0.15, 0.2) is 0 Å². The molecular weight excluding hydrogens is 250 g/mol. The van der Waals surface area contributed by atoms with Gasteiger partial charge in [-0.25, -0.2) is 0 Å². The van der Waals surface area contributed by atoms with E-state index in [9.17, 15) is 4.79 Å². The summed E-state index contributed by atoms with van der Waals surface area (Å²) >= 11 is 0. The van der Waals surface area contributed by atoms with Gasteiger partial charge in [-0.05, 0) is 57.7 Å². The average molecular weight is 279 g/mol. The van der Waals surface area contributed by atoms with Crippen LogP contribution in [-0.2, 0) is 4.79 Å². The molecule has 4 heteroatoms. The highest BCUT2D eigenvalue weighted by atomic mass is 16.2. The number of piperidine rings is 1. The minimum atomic E-state index is 0.0403. The molecule has 0 aromatic carbocycles. The Morgan fingerprint density at radius 1 is 1.15 bits per heavy atom. The van der Waals surface area contributed by atoms with Crippen LogP contribution in [0.1, 0.15) is 45.4 Å². The van der Waals surface area contributed by atoms with Crippen molar-refractivity contribution in [1.29, 1.82) is 0 Å². The molecule has 0 radical (unpaired) electrons. The maximum Gasteiger partial charge on any atom is 0.237 e. The van der Waals surface area contributed by atoms with Crippen molar-refractivity contribution in [3.05, 3.63) is 0 Å². The largest absolute Gasteiger partial charge is 0.352 e. The second kappa shape index (κ2) is 6.44. The lowest BCUT2D eigenvalue weighted by Crippen LogP contribution is -2.52. The molecule has 3 rings (SSSR count). The van der Waals surface area contributed by atoms with E-state index in [0.29, 0.717) is 6.04 Å². The maximum absolute atomic E-state index is 12.4. The van der Waals surface area contributed by atoms with E-state index in [4.69, 9.17) is 0 Å². The molecule has 1 aliphatic carbocycles. The molecule has 114 valence electrons. The molecule has 2 N–H and O–H groups in total. The van der Waals surface area contributed by atoms with Crippen LogP contribution in [0.2, 0.25) is 0 Å². The van der Waals surface area contributed by atoms with Crippen molar-refractivity contribution < 1.29 is 4.79 Å². The number of hydrogen-bond donors (Lipinski definition) is 2. The zero-order valence-corrected chi connectivity index (χ0v) is 12.7. The van der Waals surface area contributed by atoms with Crippen LogP contribution in [0.25, 0.3) is 0 Å². The molecule has 2 saturated heterocycles. The third-order valence-corrected chi connectivity index (χ3v) is 5.61. The third kappa shape index (κ3) is 3.17. The molecule has 1 saturated carbocycles. The molecule has 3 fully saturated rings. The highest BCUT2D eigenvalue weighted by Crippen LogP contribution is 2.27. The van der Waals surface area contributed by atoms with E-state index < -0.39 is 0 Å². The monoisotopic (exact) mass is 279 g/mol. The number of nitrogens with zero attached hydrogens (tertiary/aromatic N) is 1. The van der Waals surface area contributed by atoms with Crippen LogP contribution in [0.5, 0.6) is 0 Å². The van der Waals surface area contributed by atoms with Crippen LogP contribution >= 0.6 is 0 Å². The zero-order chi connectivity index (χ0) is 13.9. The average Bonchev–Trinajstić information content (AvgIpc) is 2.94.